The van der Waals surface area contributed by atoms with Crippen molar-refractivity contribution < 1.29 is 0 Å². The molecule has 0 fully saturated rings. The zero-order valence-electron chi connectivity index (χ0n) is 8.72. The third-order valence-electron chi connectivity index (χ3n) is 2.62. The van der Waals surface area contributed by atoms with Crippen molar-refractivity contribution in [3.63, 3.8) is 0 Å². The summed E-state index contributed by atoms with van der Waals surface area (Å²) in [6.07, 6.45) is 1.82. The van der Waals surface area contributed by atoms with E-state index >= 15 is 0 Å². The summed E-state index contributed by atoms with van der Waals surface area (Å²) in [5.41, 5.74) is 3.33. The molecule has 0 saturated heterocycles. The summed E-state index contributed by atoms with van der Waals surface area (Å²) in [7, 11) is 0. The predicted octanol–water partition coefficient (Wildman–Crippen LogP) is 3.70. The summed E-state index contributed by atoms with van der Waals surface area (Å²) in [6, 6.07) is 21.6. The van der Waals surface area contributed by atoms with Gasteiger partial charge in [-0.1, -0.05) is 36.4 Å². The van der Waals surface area contributed by atoms with Crippen LogP contribution in [0.5, 0.6) is 0 Å². The number of pyridine rings is 1. The molecule has 0 aliphatic carbocycles. The molecule has 1 nitrogen and oxygen atoms in total. The Morgan fingerprint density at radius 1 is 0.938 bits per heavy atom. The number of hydrogen-bond donors (Lipinski definition) is 0. The summed E-state index contributed by atoms with van der Waals surface area (Å²) < 4.78 is 0. The molecule has 1 heterocycles. The molecule has 0 spiro atoms. The molecule has 0 amide bonds. The zero-order valence-corrected chi connectivity index (χ0v) is 8.72. The van der Waals surface area contributed by atoms with Crippen LogP contribution in [0.3, 0.4) is 0 Å². The van der Waals surface area contributed by atoms with Gasteiger partial charge in [0.2, 0.25) is 0 Å². The van der Waals surface area contributed by atoms with Gasteiger partial charge in [-0.3, -0.25) is 4.98 Å². The van der Waals surface area contributed by atoms with Gasteiger partial charge in [0.1, 0.15) is 0 Å². The van der Waals surface area contributed by atoms with E-state index in [9.17, 15) is 0 Å². The van der Waals surface area contributed by atoms with Gasteiger partial charge in [0, 0.05) is 11.6 Å². The molecule has 0 saturated carbocycles. The summed E-state index contributed by atoms with van der Waals surface area (Å²) in [4.78, 5) is 4.31. The van der Waals surface area contributed by atoms with E-state index in [-0.39, 0.29) is 0 Å². The molecule has 0 unspecified atom stereocenters. The molecule has 3 aromatic rings. The van der Waals surface area contributed by atoms with E-state index in [0.717, 1.165) is 16.5 Å². The van der Waals surface area contributed by atoms with E-state index in [1.807, 2.05) is 36.5 Å². The first-order valence-electron chi connectivity index (χ1n) is 5.25. The van der Waals surface area contributed by atoms with Crippen molar-refractivity contribution in [1.29, 1.82) is 0 Å². The molecule has 0 aliphatic heterocycles. The maximum atomic E-state index is 4.31. The molecular weight excluding hydrogens is 194 g/mol. The fourth-order valence-corrected chi connectivity index (χ4v) is 1.82. The summed E-state index contributed by atoms with van der Waals surface area (Å²) in [5, 5.41) is 1.16. The maximum Gasteiger partial charge on any atom is 0.0702 e. The van der Waals surface area contributed by atoms with Crippen LogP contribution in [0.1, 0.15) is 0 Å². The van der Waals surface area contributed by atoms with Crippen LogP contribution in [0.2, 0.25) is 0 Å². The standard InChI is InChI=1S/C15H10N/c1-2-5-12(6-3-1)13-8-9-15-14(11-13)7-4-10-16-15/h1-5,7-11H. The lowest BCUT2D eigenvalue weighted by molar-refractivity contribution is 1.41. The van der Waals surface area contributed by atoms with Crippen LogP contribution >= 0.6 is 0 Å². The van der Waals surface area contributed by atoms with Crippen molar-refractivity contribution in [2.24, 2.45) is 0 Å². The van der Waals surface area contributed by atoms with Crippen LogP contribution in [0.25, 0.3) is 22.0 Å². The number of fused-ring (bicyclic) bond motifs is 1. The molecule has 16 heavy (non-hydrogen) atoms. The Hall–Kier alpha value is -2.15. The highest BCUT2D eigenvalue weighted by molar-refractivity contribution is 5.84. The topological polar surface area (TPSA) is 12.9 Å². The van der Waals surface area contributed by atoms with Crippen molar-refractivity contribution >= 4 is 10.9 Å². The lowest BCUT2D eigenvalue weighted by Crippen LogP contribution is -1.80. The van der Waals surface area contributed by atoms with Crippen molar-refractivity contribution in [3.8, 4) is 11.1 Å². The Labute approximate surface area is 94.4 Å². The Balaban J connectivity index is 2.19. The van der Waals surface area contributed by atoms with Crippen LogP contribution in [0.15, 0.2) is 60.8 Å². The Kier molecular flexibility index (Phi) is 2.15. The minimum atomic E-state index is 1.03. The first-order valence-corrected chi connectivity index (χ1v) is 5.25. The van der Waals surface area contributed by atoms with Crippen molar-refractivity contribution in [2.75, 3.05) is 0 Å². The second-order valence-electron chi connectivity index (χ2n) is 3.69. The molecule has 1 heteroatoms. The van der Waals surface area contributed by atoms with Gasteiger partial charge in [-0.15, -0.1) is 0 Å². The molecule has 0 atom stereocenters. The lowest BCUT2D eigenvalue weighted by Gasteiger charge is -2.02. The number of nitrogens with zero attached hydrogens (tertiary/aromatic N) is 1. The van der Waals surface area contributed by atoms with Crippen LogP contribution < -0.4 is 0 Å². The fraction of sp³-hybridized carbons (Fsp3) is 0. The minimum absolute atomic E-state index is 1.03. The second-order valence-corrected chi connectivity index (χ2v) is 3.69. The Bertz CT molecular complexity index is 614. The van der Waals surface area contributed by atoms with Gasteiger partial charge in [0.25, 0.3) is 0 Å². The number of benzene rings is 2. The van der Waals surface area contributed by atoms with Gasteiger partial charge in [0.15, 0.2) is 0 Å². The van der Waals surface area contributed by atoms with E-state index in [1.165, 1.54) is 5.56 Å². The van der Waals surface area contributed by atoms with Crippen molar-refractivity contribution in [3.05, 3.63) is 66.9 Å². The predicted molar refractivity (Wildman–Crippen MR) is 66.0 cm³/mol. The smallest absolute Gasteiger partial charge is 0.0702 e. The number of aromatic nitrogens is 1. The van der Waals surface area contributed by atoms with Gasteiger partial charge < -0.3 is 0 Å². The van der Waals surface area contributed by atoms with Gasteiger partial charge in [-0.05, 0) is 35.4 Å². The molecule has 2 aromatic carbocycles. The monoisotopic (exact) mass is 204 g/mol. The minimum Gasteiger partial charge on any atom is -0.256 e. The summed E-state index contributed by atoms with van der Waals surface area (Å²) in [6.45, 7) is 0. The van der Waals surface area contributed by atoms with Gasteiger partial charge in [-0.2, -0.15) is 0 Å². The highest BCUT2D eigenvalue weighted by Gasteiger charge is 1.98. The summed E-state index contributed by atoms with van der Waals surface area (Å²) >= 11 is 0. The average Bonchev–Trinajstić information content (AvgIpc) is 2.39. The van der Waals surface area contributed by atoms with Crippen LogP contribution in [0.4, 0.5) is 0 Å². The SMILES string of the molecule is [c]1ccccc1-c1ccc2ncccc2c1. The molecule has 0 N–H and O–H groups in total. The van der Waals surface area contributed by atoms with Gasteiger partial charge in [0.05, 0.1) is 5.52 Å². The first-order chi connectivity index (χ1) is 7.93. The van der Waals surface area contributed by atoms with Gasteiger partial charge >= 0.3 is 0 Å². The van der Waals surface area contributed by atoms with Crippen molar-refractivity contribution in [1.82, 2.24) is 4.98 Å². The zero-order chi connectivity index (χ0) is 10.8. The quantitative estimate of drug-likeness (QED) is 0.589. The van der Waals surface area contributed by atoms with Crippen LogP contribution in [-0.2, 0) is 0 Å². The van der Waals surface area contributed by atoms with E-state index in [0.29, 0.717) is 0 Å². The third-order valence-corrected chi connectivity index (χ3v) is 2.62. The third kappa shape index (κ3) is 1.57. The maximum absolute atomic E-state index is 4.31. The number of hydrogen-bond acceptors (Lipinski definition) is 1. The molecule has 75 valence electrons. The molecule has 1 radical (unpaired) electrons. The average molecular weight is 204 g/mol. The van der Waals surface area contributed by atoms with E-state index in [1.54, 1.807) is 0 Å². The lowest BCUT2D eigenvalue weighted by atomic mass is 10.0. The van der Waals surface area contributed by atoms with Crippen LogP contribution in [0, 0.1) is 6.07 Å². The van der Waals surface area contributed by atoms with Crippen molar-refractivity contribution in [2.45, 2.75) is 0 Å². The second kappa shape index (κ2) is 3.78. The Morgan fingerprint density at radius 3 is 2.81 bits per heavy atom. The Morgan fingerprint density at radius 2 is 1.94 bits per heavy atom. The van der Waals surface area contributed by atoms with Crippen LogP contribution in [-0.4, -0.2) is 4.98 Å². The molecule has 3 rings (SSSR count). The fourth-order valence-electron chi connectivity index (χ4n) is 1.82. The van der Waals surface area contributed by atoms with E-state index in [4.69, 9.17) is 0 Å². The first kappa shape index (κ1) is 9.10. The van der Waals surface area contributed by atoms with E-state index in [2.05, 4.69) is 35.3 Å². The van der Waals surface area contributed by atoms with E-state index < -0.39 is 0 Å². The molecule has 1 aromatic heterocycles. The molecule has 0 bridgehead atoms. The molecule has 0 aliphatic rings. The van der Waals surface area contributed by atoms with Gasteiger partial charge in [-0.25, -0.2) is 0 Å². The largest absolute Gasteiger partial charge is 0.256 e. The highest BCUT2D eigenvalue weighted by atomic mass is 14.6. The number of rotatable bonds is 1. The normalized spacial score (nSPS) is 10.5. The highest BCUT2D eigenvalue weighted by Crippen LogP contribution is 2.22. The molecular formula is C15H10N. The summed E-state index contributed by atoms with van der Waals surface area (Å²) in [5.74, 6) is 0.